The highest BCUT2D eigenvalue weighted by Gasteiger charge is 2.42. The second kappa shape index (κ2) is 12.2. The molecule has 0 amide bonds. The standard InChI is InChI=1S/C18H34F2.C2H6.H2O/c1-11(2)7-8-12(3)13(4)10-16-14(5)9-15(6)17(19)18(16)20;1-2;/h11-18H,7-10H2,1-6H3;1-2H3;1H2. The van der Waals surface area contributed by atoms with Crippen molar-refractivity contribution in [3.05, 3.63) is 0 Å². The van der Waals surface area contributed by atoms with Crippen LogP contribution in [-0.4, -0.2) is 17.8 Å². The van der Waals surface area contributed by atoms with E-state index >= 15 is 0 Å². The quantitative estimate of drug-likeness (QED) is 0.548. The molecule has 7 unspecified atom stereocenters. The van der Waals surface area contributed by atoms with Gasteiger partial charge in [-0.3, -0.25) is 0 Å². The summed E-state index contributed by atoms with van der Waals surface area (Å²) in [5.74, 6) is 1.92. The predicted molar refractivity (Wildman–Crippen MR) is 98.2 cm³/mol. The Morgan fingerprint density at radius 2 is 1.35 bits per heavy atom. The summed E-state index contributed by atoms with van der Waals surface area (Å²) in [7, 11) is 0. The van der Waals surface area contributed by atoms with E-state index in [0.29, 0.717) is 17.8 Å². The molecule has 0 aromatic carbocycles. The molecule has 0 bridgehead atoms. The molecule has 142 valence electrons. The van der Waals surface area contributed by atoms with E-state index in [1.807, 2.05) is 20.8 Å². The van der Waals surface area contributed by atoms with Crippen molar-refractivity contribution < 1.29 is 14.3 Å². The Hall–Kier alpha value is -0.180. The molecule has 0 aromatic heterocycles. The lowest BCUT2D eigenvalue weighted by atomic mass is 9.69. The molecule has 1 aliphatic rings. The van der Waals surface area contributed by atoms with Crippen molar-refractivity contribution in [2.45, 2.75) is 93.4 Å². The number of alkyl halides is 2. The third-order valence-electron chi connectivity index (χ3n) is 5.55. The fraction of sp³-hybridized carbons (Fsp3) is 1.00. The zero-order valence-electron chi connectivity index (χ0n) is 16.7. The number of hydrogen-bond donors (Lipinski definition) is 0. The molecule has 3 heteroatoms. The van der Waals surface area contributed by atoms with Gasteiger partial charge in [-0.1, -0.05) is 68.2 Å². The summed E-state index contributed by atoms with van der Waals surface area (Å²) in [5, 5.41) is 0. The van der Waals surface area contributed by atoms with Crippen LogP contribution in [-0.2, 0) is 0 Å². The topological polar surface area (TPSA) is 31.5 Å². The summed E-state index contributed by atoms with van der Waals surface area (Å²) >= 11 is 0. The van der Waals surface area contributed by atoms with Crippen molar-refractivity contribution in [3.63, 3.8) is 0 Å². The smallest absolute Gasteiger partial charge is 0.134 e. The summed E-state index contributed by atoms with van der Waals surface area (Å²) in [6.45, 7) is 16.9. The minimum atomic E-state index is -1.26. The Morgan fingerprint density at radius 3 is 1.83 bits per heavy atom. The molecule has 1 nitrogen and oxygen atoms in total. The van der Waals surface area contributed by atoms with Gasteiger partial charge in [0.1, 0.15) is 12.3 Å². The van der Waals surface area contributed by atoms with Gasteiger partial charge < -0.3 is 5.48 Å². The van der Waals surface area contributed by atoms with E-state index in [2.05, 4.69) is 34.6 Å². The van der Waals surface area contributed by atoms with E-state index in [-0.39, 0.29) is 17.3 Å². The molecule has 1 saturated carbocycles. The minimum absolute atomic E-state index is 0. The molecule has 2 N–H and O–H groups in total. The molecule has 1 aliphatic carbocycles. The second-order valence-electron chi connectivity index (χ2n) is 7.90. The Morgan fingerprint density at radius 1 is 0.826 bits per heavy atom. The van der Waals surface area contributed by atoms with Crippen LogP contribution >= 0.6 is 0 Å². The highest BCUT2D eigenvalue weighted by molar-refractivity contribution is 4.90. The van der Waals surface area contributed by atoms with Crippen LogP contribution in [0.4, 0.5) is 8.78 Å². The Kier molecular flexibility index (Phi) is 13.3. The Balaban J connectivity index is 0. The third-order valence-corrected chi connectivity index (χ3v) is 5.55. The monoisotopic (exact) mass is 336 g/mol. The molecule has 0 radical (unpaired) electrons. The van der Waals surface area contributed by atoms with Crippen molar-refractivity contribution in [3.8, 4) is 0 Å². The maximum atomic E-state index is 14.3. The van der Waals surface area contributed by atoms with Crippen LogP contribution in [0.1, 0.15) is 81.1 Å². The summed E-state index contributed by atoms with van der Waals surface area (Å²) in [4.78, 5) is 0. The van der Waals surface area contributed by atoms with Crippen LogP contribution in [0.3, 0.4) is 0 Å². The molecule has 1 fully saturated rings. The summed E-state index contributed by atoms with van der Waals surface area (Å²) in [6.07, 6.45) is 1.59. The van der Waals surface area contributed by atoms with Crippen LogP contribution in [0.25, 0.3) is 0 Å². The lowest BCUT2D eigenvalue weighted by molar-refractivity contribution is -0.0135. The van der Waals surface area contributed by atoms with Gasteiger partial charge in [-0.2, -0.15) is 0 Å². The van der Waals surface area contributed by atoms with E-state index in [4.69, 9.17) is 0 Å². The van der Waals surface area contributed by atoms with Gasteiger partial charge in [-0.15, -0.1) is 0 Å². The maximum Gasteiger partial charge on any atom is 0.134 e. The van der Waals surface area contributed by atoms with Crippen LogP contribution in [0, 0.1) is 35.5 Å². The molecular weight excluding hydrogens is 294 g/mol. The summed E-state index contributed by atoms with van der Waals surface area (Å²) in [5.41, 5.74) is 0. The molecule has 0 saturated heterocycles. The molecule has 0 aliphatic heterocycles. The largest absolute Gasteiger partial charge is 0.412 e. The van der Waals surface area contributed by atoms with Gasteiger partial charge in [0.25, 0.3) is 0 Å². The normalized spacial score (nSPS) is 33.3. The van der Waals surface area contributed by atoms with Crippen LogP contribution in [0.5, 0.6) is 0 Å². The highest BCUT2D eigenvalue weighted by Crippen LogP contribution is 2.42. The fourth-order valence-electron chi connectivity index (χ4n) is 3.66. The lowest BCUT2D eigenvalue weighted by Gasteiger charge is -2.40. The van der Waals surface area contributed by atoms with Gasteiger partial charge in [0.2, 0.25) is 0 Å². The van der Waals surface area contributed by atoms with Crippen LogP contribution in [0.2, 0.25) is 0 Å². The second-order valence-corrected chi connectivity index (χ2v) is 7.90. The minimum Gasteiger partial charge on any atom is -0.412 e. The van der Waals surface area contributed by atoms with Gasteiger partial charge >= 0.3 is 0 Å². The van der Waals surface area contributed by atoms with Crippen LogP contribution in [0.15, 0.2) is 0 Å². The molecular formula is C20H42F2O. The summed E-state index contributed by atoms with van der Waals surface area (Å²) < 4.78 is 28.2. The molecule has 23 heavy (non-hydrogen) atoms. The first-order valence-electron chi connectivity index (χ1n) is 9.52. The van der Waals surface area contributed by atoms with Crippen molar-refractivity contribution in [2.24, 2.45) is 35.5 Å². The number of rotatable bonds is 6. The van der Waals surface area contributed by atoms with Gasteiger partial charge in [0, 0.05) is 0 Å². The van der Waals surface area contributed by atoms with Crippen molar-refractivity contribution >= 4 is 0 Å². The first kappa shape index (κ1) is 25.1. The highest BCUT2D eigenvalue weighted by atomic mass is 19.2. The SMILES string of the molecule is CC.CC(C)CCC(C)C(C)CC1C(C)CC(C)C(F)C1F.O. The van der Waals surface area contributed by atoms with E-state index in [9.17, 15) is 8.78 Å². The van der Waals surface area contributed by atoms with Gasteiger partial charge in [0.05, 0.1) is 0 Å². The molecule has 0 spiro atoms. The third kappa shape index (κ3) is 7.96. The lowest BCUT2D eigenvalue weighted by Crippen LogP contribution is -2.42. The molecule has 7 atom stereocenters. The van der Waals surface area contributed by atoms with E-state index in [0.717, 1.165) is 18.8 Å². The fourth-order valence-corrected chi connectivity index (χ4v) is 3.66. The van der Waals surface area contributed by atoms with Crippen molar-refractivity contribution in [1.29, 1.82) is 0 Å². The predicted octanol–water partition coefficient (Wildman–Crippen LogP) is 6.25. The van der Waals surface area contributed by atoms with Crippen molar-refractivity contribution in [2.75, 3.05) is 0 Å². The van der Waals surface area contributed by atoms with Crippen LogP contribution < -0.4 is 0 Å². The van der Waals surface area contributed by atoms with Gasteiger partial charge in [0.15, 0.2) is 0 Å². The Bertz CT molecular complexity index is 283. The van der Waals surface area contributed by atoms with E-state index in [1.54, 1.807) is 0 Å². The average Bonchev–Trinajstić information content (AvgIpc) is 2.48. The average molecular weight is 337 g/mol. The Labute approximate surface area is 143 Å². The van der Waals surface area contributed by atoms with E-state index in [1.165, 1.54) is 12.8 Å². The number of halogens is 2. The zero-order chi connectivity index (χ0) is 17.4. The maximum absolute atomic E-state index is 14.3. The van der Waals surface area contributed by atoms with Gasteiger partial charge in [-0.05, 0) is 48.3 Å². The first-order chi connectivity index (χ1) is 10.2. The van der Waals surface area contributed by atoms with Crippen molar-refractivity contribution in [1.82, 2.24) is 0 Å². The molecule has 0 heterocycles. The summed E-state index contributed by atoms with van der Waals surface area (Å²) in [6, 6.07) is 0. The molecule has 1 rings (SSSR count). The number of hydrogen-bond acceptors (Lipinski definition) is 0. The molecule has 0 aromatic rings. The van der Waals surface area contributed by atoms with Gasteiger partial charge in [-0.25, -0.2) is 8.78 Å². The van der Waals surface area contributed by atoms with E-state index < -0.39 is 12.3 Å². The zero-order valence-corrected chi connectivity index (χ0v) is 16.7. The first-order valence-corrected chi connectivity index (χ1v) is 9.52.